The minimum atomic E-state index is -0.829. The lowest BCUT2D eigenvalue weighted by molar-refractivity contribution is -0.140. The highest BCUT2D eigenvalue weighted by Gasteiger charge is 2.18. The normalized spacial score (nSPS) is 12.7. The highest BCUT2D eigenvalue weighted by molar-refractivity contribution is 5.73. The molecule has 0 aliphatic carbocycles. The molecule has 5 nitrogen and oxygen atoms in total. The van der Waals surface area contributed by atoms with Crippen LogP contribution in [-0.4, -0.2) is 27.1 Å². The molecule has 0 aliphatic heterocycles. The van der Waals surface area contributed by atoms with Crippen LogP contribution in [0.15, 0.2) is 18.5 Å². The first-order valence-corrected chi connectivity index (χ1v) is 5.31. The Hall–Kier alpha value is -1.49. The maximum Gasteiger partial charge on any atom is 0.320 e. The molecule has 0 aliphatic rings. The van der Waals surface area contributed by atoms with E-state index < -0.39 is 12.0 Å². The number of carboxylic acids is 1. The fourth-order valence-electron chi connectivity index (χ4n) is 1.38. The summed E-state index contributed by atoms with van der Waals surface area (Å²) in [6, 6.07) is 1.19. The van der Waals surface area contributed by atoms with Crippen molar-refractivity contribution in [3.8, 4) is 0 Å². The molecule has 1 heterocycles. The highest BCUT2D eigenvalue weighted by Crippen LogP contribution is 2.05. The van der Waals surface area contributed by atoms with Gasteiger partial charge in [0.2, 0.25) is 0 Å². The Kier molecular flexibility index (Phi) is 4.85. The van der Waals surface area contributed by atoms with Crippen LogP contribution in [-0.2, 0) is 11.3 Å². The van der Waals surface area contributed by atoms with Crippen LogP contribution >= 0.6 is 0 Å². The third kappa shape index (κ3) is 4.35. The number of carboxylic acid groups (broad SMARTS) is 1. The summed E-state index contributed by atoms with van der Waals surface area (Å²) in [4.78, 5) is 19.0. The lowest BCUT2D eigenvalue weighted by Gasteiger charge is -2.15. The fourth-order valence-corrected chi connectivity index (χ4v) is 1.38. The number of rotatable bonds is 6. The monoisotopic (exact) mass is 223 g/mol. The van der Waals surface area contributed by atoms with Crippen molar-refractivity contribution >= 4 is 5.97 Å². The Morgan fingerprint density at radius 3 is 2.56 bits per heavy atom. The molecule has 0 bridgehead atoms. The Morgan fingerprint density at radius 2 is 2.06 bits per heavy atom. The first-order chi connectivity index (χ1) is 7.59. The van der Waals surface area contributed by atoms with Gasteiger partial charge in [-0.2, -0.15) is 0 Å². The summed E-state index contributed by atoms with van der Waals surface area (Å²) in [7, 11) is 0. The zero-order valence-electron chi connectivity index (χ0n) is 9.55. The average Bonchev–Trinajstić information content (AvgIpc) is 2.25. The molecule has 16 heavy (non-hydrogen) atoms. The van der Waals surface area contributed by atoms with Crippen molar-refractivity contribution in [2.45, 2.75) is 32.9 Å². The summed E-state index contributed by atoms with van der Waals surface area (Å²) in [5.41, 5.74) is 0. The second-order valence-electron chi connectivity index (χ2n) is 4.07. The Labute approximate surface area is 94.9 Å². The molecule has 0 aromatic carbocycles. The number of hydrogen-bond donors (Lipinski definition) is 2. The largest absolute Gasteiger partial charge is 0.480 e. The van der Waals surface area contributed by atoms with E-state index in [1.165, 1.54) is 0 Å². The summed E-state index contributed by atoms with van der Waals surface area (Å²) in [6.07, 6.45) is 3.88. The van der Waals surface area contributed by atoms with Crippen LogP contribution in [0.1, 0.15) is 26.1 Å². The van der Waals surface area contributed by atoms with E-state index in [1.54, 1.807) is 18.5 Å². The molecule has 88 valence electrons. The van der Waals surface area contributed by atoms with Gasteiger partial charge in [-0.3, -0.25) is 10.1 Å². The molecular formula is C11H17N3O2. The van der Waals surface area contributed by atoms with Crippen molar-refractivity contribution in [1.82, 2.24) is 15.3 Å². The van der Waals surface area contributed by atoms with E-state index in [2.05, 4.69) is 15.3 Å². The molecule has 0 saturated heterocycles. The second-order valence-corrected chi connectivity index (χ2v) is 4.07. The first kappa shape index (κ1) is 12.6. The smallest absolute Gasteiger partial charge is 0.320 e. The molecule has 0 saturated carbocycles. The molecule has 0 radical (unpaired) electrons. The summed E-state index contributed by atoms with van der Waals surface area (Å²) in [5, 5.41) is 11.9. The number of nitrogens with one attached hydrogen (secondary N) is 1. The predicted octanol–water partition coefficient (Wildman–Crippen LogP) is 1.07. The maximum absolute atomic E-state index is 11.0. The molecule has 1 aromatic rings. The predicted molar refractivity (Wildman–Crippen MR) is 59.8 cm³/mol. The minimum absolute atomic E-state index is 0.338. The zero-order chi connectivity index (χ0) is 12.0. The highest BCUT2D eigenvalue weighted by atomic mass is 16.4. The van der Waals surface area contributed by atoms with E-state index in [0.717, 1.165) is 0 Å². The van der Waals surface area contributed by atoms with Gasteiger partial charge in [0.15, 0.2) is 0 Å². The van der Waals surface area contributed by atoms with Gasteiger partial charge in [0.05, 0.1) is 6.54 Å². The van der Waals surface area contributed by atoms with Crippen LogP contribution in [0, 0.1) is 5.92 Å². The van der Waals surface area contributed by atoms with E-state index in [0.29, 0.717) is 24.7 Å². The third-order valence-electron chi connectivity index (χ3n) is 2.13. The van der Waals surface area contributed by atoms with Crippen LogP contribution in [0.3, 0.4) is 0 Å². The van der Waals surface area contributed by atoms with Gasteiger partial charge in [-0.1, -0.05) is 13.8 Å². The van der Waals surface area contributed by atoms with Crippen molar-refractivity contribution in [1.29, 1.82) is 0 Å². The van der Waals surface area contributed by atoms with Crippen LogP contribution < -0.4 is 5.32 Å². The van der Waals surface area contributed by atoms with Gasteiger partial charge in [-0.05, 0) is 18.4 Å². The molecule has 1 atom stereocenters. The molecule has 1 aromatic heterocycles. The number of hydrogen-bond acceptors (Lipinski definition) is 4. The molecule has 0 fully saturated rings. The van der Waals surface area contributed by atoms with E-state index in [4.69, 9.17) is 5.11 Å². The lowest BCUT2D eigenvalue weighted by atomic mass is 10.0. The molecular weight excluding hydrogens is 206 g/mol. The van der Waals surface area contributed by atoms with Gasteiger partial charge < -0.3 is 5.11 Å². The zero-order valence-corrected chi connectivity index (χ0v) is 9.55. The van der Waals surface area contributed by atoms with E-state index in [-0.39, 0.29) is 0 Å². The number of nitrogens with zero attached hydrogens (tertiary/aromatic N) is 2. The van der Waals surface area contributed by atoms with Gasteiger partial charge in [-0.15, -0.1) is 0 Å². The van der Waals surface area contributed by atoms with Crippen molar-refractivity contribution in [3.05, 3.63) is 24.3 Å². The molecule has 1 rings (SSSR count). The molecule has 5 heteroatoms. The maximum atomic E-state index is 11.0. The van der Waals surface area contributed by atoms with Crippen molar-refractivity contribution < 1.29 is 9.90 Å². The van der Waals surface area contributed by atoms with Crippen molar-refractivity contribution in [2.24, 2.45) is 5.92 Å². The first-order valence-electron chi connectivity index (χ1n) is 5.31. The second kappa shape index (κ2) is 6.17. The standard InChI is InChI=1S/C11H17N3O2/c1-8(2)6-9(11(15)16)14-7-10-12-4-3-5-13-10/h3-5,8-9,14H,6-7H2,1-2H3,(H,15,16). The van der Waals surface area contributed by atoms with Gasteiger partial charge in [0, 0.05) is 12.4 Å². The summed E-state index contributed by atoms with van der Waals surface area (Å²) in [5.74, 6) is 0.118. The summed E-state index contributed by atoms with van der Waals surface area (Å²) in [6.45, 7) is 4.37. The van der Waals surface area contributed by atoms with Crippen LogP contribution in [0.4, 0.5) is 0 Å². The molecule has 1 unspecified atom stereocenters. The number of aliphatic carboxylic acids is 1. The van der Waals surface area contributed by atoms with Crippen LogP contribution in [0.25, 0.3) is 0 Å². The Balaban J connectivity index is 2.47. The van der Waals surface area contributed by atoms with Gasteiger partial charge in [0.1, 0.15) is 11.9 Å². The van der Waals surface area contributed by atoms with E-state index in [1.807, 2.05) is 13.8 Å². The lowest BCUT2D eigenvalue weighted by Crippen LogP contribution is -2.37. The van der Waals surface area contributed by atoms with Crippen LogP contribution in [0.2, 0.25) is 0 Å². The van der Waals surface area contributed by atoms with E-state index >= 15 is 0 Å². The van der Waals surface area contributed by atoms with Gasteiger partial charge in [-0.25, -0.2) is 9.97 Å². The van der Waals surface area contributed by atoms with Crippen LogP contribution in [0.5, 0.6) is 0 Å². The van der Waals surface area contributed by atoms with Gasteiger partial charge in [0.25, 0.3) is 0 Å². The topological polar surface area (TPSA) is 75.1 Å². The molecule has 0 amide bonds. The quantitative estimate of drug-likeness (QED) is 0.754. The number of carbonyl (C=O) groups is 1. The van der Waals surface area contributed by atoms with Gasteiger partial charge >= 0.3 is 5.97 Å². The molecule has 0 spiro atoms. The summed E-state index contributed by atoms with van der Waals surface area (Å²) < 4.78 is 0. The summed E-state index contributed by atoms with van der Waals surface area (Å²) >= 11 is 0. The van der Waals surface area contributed by atoms with Crippen molar-refractivity contribution in [3.63, 3.8) is 0 Å². The number of aromatic nitrogens is 2. The Bertz CT molecular complexity index is 327. The average molecular weight is 223 g/mol. The minimum Gasteiger partial charge on any atom is -0.480 e. The van der Waals surface area contributed by atoms with E-state index in [9.17, 15) is 4.79 Å². The molecule has 2 N–H and O–H groups in total. The SMILES string of the molecule is CC(C)CC(NCc1ncccn1)C(=O)O. The fraction of sp³-hybridized carbons (Fsp3) is 0.545. The third-order valence-corrected chi connectivity index (χ3v) is 2.13. The van der Waals surface area contributed by atoms with Crippen molar-refractivity contribution in [2.75, 3.05) is 0 Å². The Morgan fingerprint density at radius 1 is 1.44 bits per heavy atom.